The highest BCUT2D eigenvalue weighted by Gasteiger charge is 2.18. The van der Waals surface area contributed by atoms with Gasteiger partial charge in [-0.05, 0) is 43.0 Å². The molecule has 0 aromatic heterocycles. The lowest BCUT2D eigenvalue weighted by molar-refractivity contribution is 0.179. The predicted octanol–water partition coefficient (Wildman–Crippen LogP) is 3.43. The minimum absolute atomic E-state index is 0.133. The summed E-state index contributed by atoms with van der Waals surface area (Å²) in [5.41, 5.74) is 1.08. The van der Waals surface area contributed by atoms with Gasteiger partial charge in [0.2, 0.25) is 0 Å². The summed E-state index contributed by atoms with van der Waals surface area (Å²) >= 11 is 3.55. The van der Waals surface area contributed by atoms with Crippen molar-refractivity contribution in [2.75, 3.05) is 18.4 Å². The van der Waals surface area contributed by atoms with Crippen LogP contribution < -0.4 is 0 Å². The van der Waals surface area contributed by atoms with E-state index in [0.29, 0.717) is 0 Å². The van der Waals surface area contributed by atoms with Crippen LogP contribution in [0.25, 0.3) is 0 Å². The number of rotatable bonds is 3. The van der Waals surface area contributed by atoms with Gasteiger partial charge in [-0.15, -0.1) is 0 Å². The number of hydrogen-bond donors (Lipinski definition) is 0. The predicted molar refractivity (Wildman–Crippen MR) is 68.2 cm³/mol. The summed E-state index contributed by atoms with van der Waals surface area (Å²) in [5.74, 6) is 0.619. The van der Waals surface area contributed by atoms with Crippen molar-refractivity contribution in [3.63, 3.8) is 0 Å². The third kappa shape index (κ3) is 3.29. The second-order valence-corrected chi connectivity index (χ2v) is 5.18. The summed E-state index contributed by atoms with van der Waals surface area (Å²) < 4.78 is 13.0. The number of piperidine rings is 1. The van der Waals surface area contributed by atoms with Crippen LogP contribution in [0, 0.1) is 11.7 Å². The molecular weight excluding hydrogens is 269 g/mol. The van der Waals surface area contributed by atoms with Gasteiger partial charge in [0, 0.05) is 18.4 Å². The van der Waals surface area contributed by atoms with Crippen molar-refractivity contribution in [1.82, 2.24) is 4.90 Å². The monoisotopic (exact) mass is 285 g/mol. The Morgan fingerprint density at radius 3 is 3.06 bits per heavy atom. The van der Waals surface area contributed by atoms with E-state index >= 15 is 0 Å². The lowest BCUT2D eigenvalue weighted by Crippen LogP contribution is -2.35. The van der Waals surface area contributed by atoms with Crippen LogP contribution in [0.5, 0.6) is 0 Å². The van der Waals surface area contributed by atoms with E-state index < -0.39 is 0 Å². The molecule has 0 amide bonds. The number of hydrogen-bond acceptors (Lipinski definition) is 1. The first kappa shape index (κ1) is 12.1. The fourth-order valence-electron chi connectivity index (χ4n) is 2.31. The highest BCUT2D eigenvalue weighted by Crippen LogP contribution is 2.20. The van der Waals surface area contributed by atoms with E-state index in [9.17, 15) is 4.39 Å². The van der Waals surface area contributed by atoms with Gasteiger partial charge in [0.1, 0.15) is 5.82 Å². The third-order valence-electron chi connectivity index (χ3n) is 3.12. The van der Waals surface area contributed by atoms with Gasteiger partial charge in [-0.2, -0.15) is 0 Å². The normalized spacial score (nSPS) is 22.2. The summed E-state index contributed by atoms with van der Waals surface area (Å²) in [6.45, 7) is 3.14. The Morgan fingerprint density at radius 2 is 2.31 bits per heavy atom. The van der Waals surface area contributed by atoms with E-state index in [4.69, 9.17) is 0 Å². The molecule has 1 aliphatic heterocycles. The molecule has 1 fully saturated rings. The molecule has 1 unspecified atom stereocenters. The Kier molecular flexibility index (Phi) is 4.36. The molecule has 1 saturated heterocycles. The molecule has 0 spiro atoms. The molecule has 1 nitrogen and oxygen atoms in total. The van der Waals surface area contributed by atoms with Crippen molar-refractivity contribution in [3.05, 3.63) is 35.6 Å². The second-order valence-electron chi connectivity index (χ2n) is 4.53. The van der Waals surface area contributed by atoms with Gasteiger partial charge in [-0.1, -0.05) is 28.1 Å². The smallest absolute Gasteiger partial charge is 0.123 e. The number of halogens is 2. The van der Waals surface area contributed by atoms with Crippen molar-refractivity contribution in [1.29, 1.82) is 0 Å². The van der Waals surface area contributed by atoms with Gasteiger partial charge in [0.05, 0.1) is 0 Å². The van der Waals surface area contributed by atoms with E-state index in [1.54, 1.807) is 12.1 Å². The second kappa shape index (κ2) is 5.78. The molecule has 0 bridgehead atoms. The van der Waals surface area contributed by atoms with Crippen LogP contribution in [0.2, 0.25) is 0 Å². The van der Waals surface area contributed by atoms with Crippen molar-refractivity contribution in [2.45, 2.75) is 19.4 Å². The van der Waals surface area contributed by atoms with Gasteiger partial charge in [-0.3, -0.25) is 4.90 Å². The minimum atomic E-state index is -0.133. The fourth-order valence-corrected chi connectivity index (χ4v) is 2.84. The first-order valence-corrected chi connectivity index (χ1v) is 6.93. The molecule has 0 aliphatic carbocycles. The largest absolute Gasteiger partial charge is 0.299 e. The molecule has 16 heavy (non-hydrogen) atoms. The van der Waals surface area contributed by atoms with Crippen LogP contribution >= 0.6 is 15.9 Å². The van der Waals surface area contributed by atoms with E-state index in [0.717, 1.165) is 36.4 Å². The van der Waals surface area contributed by atoms with E-state index in [1.807, 2.05) is 6.07 Å². The Bertz CT molecular complexity index is 342. The van der Waals surface area contributed by atoms with Crippen LogP contribution in [0.4, 0.5) is 4.39 Å². The molecule has 88 valence electrons. The Balaban J connectivity index is 1.94. The minimum Gasteiger partial charge on any atom is -0.299 e. The average molecular weight is 286 g/mol. The number of likely N-dealkylation sites (tertiary alicyclic amines) is 1. The molecule has 1 atom stereocenters. The number of benzene rings is 1. The molecule has 1 heterocycles. The average Bonchev–Trinajstić information content (AvgIpc) is 2.29. The van der Waals surface area contributed by atoms with Gasteiger partial charge in [0.15, 0.2) is 0 Å². The SMILES string of the molecule is Fc1cccc(CN2CCCC(CBr)C2)c1. The van der Waals surface area contributed by atoms with Gasteiger partial charge >= 0.3 is 0 Å². The molecular formula is C13H17BrFN. The van der Waals surface area contributed by atoms with Crippen LogP contribution in [-0.4, -0.2) is 23.3 Å². The zero-order valence-electron chi connectivity index (χ0n) is 9.33. The molecule has 1 aromatic carbocycles. The van der Waals surface area contributed by atoms with Gasteiger partial charge in [-0.25, -0.2) is 4.39 Å². The maximum atomic E-state index is 13.0. The topological polar surface area (TPSA) is 3.24 Å². The van der Waals surface area contributed by atoms with E-state index in [2.05, 4.69) is 20.8 Å². The van der Waals surface area contributed by atoms with Crippen molar-refractivity contribution < 1.29 is 4.39 Å². The first-order chi connectivity index (χ1) is 7.78. The standard InChI is InChI=1S/C13H17BrFN/c14-8-12-4-2-6-16(10-12)9-11-3-1-5-13(15)7-11/h1,3,5,7,12H,2,4,6,8-10H2. The zero-order valence-corrected chi connectivity index (χ0v) is 10.9. The highest BCUT2D eigenvalue weighted by molar-refractivity contribution is 9.09. The molecule has 0 radical (unpaired) electrons. The maximum Gasteiger partial charge on any atom is 0.123 e. The van der Waals surface area contributed by atoms with Crippen molar-refractivity contribution in [3.8, 4) is 0 Å². The molecule has 2 rings (SSSR count). The lowest BCUT2D eigenvalue weighted by Gasteiger charge is -2.31. The van der Waals surface area contributed by atoms with Crippen molar-refractivity contribution in [2.24, 2.45) is 5.92 Å². The molecule has 0 N–H and O–H groups in total. The first-order valence-electron chi connectivity index (χ1n) is 5.80. The Morgan fingerprint density at radius 1 is 1.44 bits per heavy atom. The summed E-state index contributed by atoms with van der Waals surface area (Å²) in [7, 11) is 0. The Labute approximate surface area is 105 Å². The van der Waals surface area contributed by atoms with E-state index in [1.165, 1.54) is 18.9 Å². The van der Waals surface area contributed by atoms with Crippen LogP contribution in [-0.2, 0) is 6.54 Å². The summed E-state index contributed by atoms with van der Waals surface area (Å²) in [5, 5.41) is 1.08. The lowest BCUT2D eigenvalue weighted by atomic mass is 10.00. The fraction of sp³-hybridized carbons (Fsp3) is 0.538. The molecule has 3 heteroatoms. The van der Waals surface area contributed by atoms with E-state index in [-0.39, 0.29) is 5.82 Å². The zero-order chi connectivity index (χ0) is 11.4. The summed E-state index contributed by atoms with van der Waals surface area (Å²) in [4.78, 5) is 2.42. The summed E-state index contributed by atoms with van der Waals surface area (Å²) in [6.07, 6.45) is 2.57. The third-order valence-corrected chi connectivity index (χ3v) is 4.03. The van der Waals surface area contributed by atoms with Crippen LogP contribution in [0.3, 0.4) is 0 Å². The molecule has 0 saturated carbocycles. The Hall–Kier alpha value is -0.410. The van der Waals surface area contributed by atoms with Gasteiger partial charge in [0.25, 0.3) is 0 Å². The highest BCUT2D eigenvalue weighted by atomic mass is 79.9. The van der Waals surface area contributed by atoms with Crippen molar-refractivity contribution >= 4 is 15.9 Å². The summed E-state index contributed by atoms with van der Waals surface area (Å²) in [6, 6.07) is 6.93. The number of nitrogens with zero attached hydrogens (tertiary/aromatic N) is 1. The van der Waals surface area contributed by atoms with Crippen LogP contribution in [0.15, 0.2) is 24.3 Å². The molecule has 1 aliphatic rings. The van der Waals surface area contributed by atoms with Crippen LogP contribution in [0.1, 0.15) is 18.4 Å². The molecule has 1 aromatic rings. The quantitative estimate of drug-likeness (QED) is 0.769. The number of alkyl halides is 1. The maximum absolute atomic E-state index is 13.0. The van der Waals surface area contributed by atoms with Gasteiger partial charge < -0.3 is 0 Å².